The van der Waals surface area contributed by atoms with Crippen molar-refractivity contribution < 1.29 is 4.79 Å². The van der Waals surface area contributed by atoms with Crippen molar-refractivity contribution in [3.8, 4) is 0 Å². The van der Waals surface area contributed by atoms with Gasteiger partial charge in [0, 0.05) is 0 Å². The number of rotatable bonds is 6. The van der Waals surface area contributed by atoms with Gasteiger partial charge in [-0.15, -0.1) is 0 Å². The first-order valence-corrected chi connectivity index (χ1v) is 5.43. The third-order valence-electron chi connectivity index (χ3n) is 2.14. The van der Waals surface area contributed by atoms with Crippen molar-refractivity contribution >= 4 is 5.78 Å². The van der Waals surface area contributed by atoms with E-state index >= 15 is 0 Å². The quantitative estimate of drug-likeness (QED) is 0.463. The highest BCUT2D eigenvalue weighted by atomic mass is 16.1. The Labute approximate surface area is 87.9 Å². The molecule has 0 saturated heterocycles. The van der Waals surface area contributed by atoms with E-state index in [9.17, 15) is 4.79 Å². The summed E-state index contributed by atoms with van der Waals surface area (Å²) in [7, 11) is 0. The van der Waals surface area contributed by atoms with Crippen molar-refractivity contribution in [3.63, 3.8) is 0 Å². The van der Waals surface area contributed by atoms with Gasteiger partial charge >= 0.3 is 0 Å². The Hall–Kier alpha value is -0.850. The van der Waals surface area contributed by atoms with Gasteiger partial charge in [-0.25, -0.2) is 0 Å². The van der Waals surface area contributed by atoms with Crippen LogP contribution < -0.4 is 0 Å². The highest BCUT2D eigenvalue weighted by molar-refractivity contribution is 5.87. The molecule has 1 unspecified atom stereocenters. The summed E-state index contributed by atoms with van der Waals surface area (Å²) in [5.41, 5.74) is 1.18. The number of ketones is 1. The fraction of sp³-hybridized carbons (Fsp3) is 0.615. The second-order valence-corrected chi connectivity index (χ2v) is 3.97. The SMILES string of the molecule is CCCCC(C)/C=C(C)/C=C/C(C)=O. The summed E-state index contributed by atoms with van der Waals surface area (Å²) in [5.74, 6) is 0.727. The lowest BCUT2D eigenvalue weighted by Gasteiger charge is -2.05. The van der Waals surface area contributed by atoms with Gasteiger partial charge in [0.15, 0.2) is 5.78 Å². The molecule has 0 radical (unpaired) electrons. The summed E-state index contributed by atoms with van der Waals surface area (Å²) in [5, 5.41) is 0. The van der Waals surface area contributed by atoms with E-state index in [1.165, 1.54) is 24.8 Å². The number of carbonyl (C=O) groups excluding carboxylic acids is 1. The fourth-order valence-electron chi connectivity index (χ4n) is 1.36. The normalized spacial score (nSPS) is 14.7. The van der Waals surface area contributed by atoms with Gasteiger partial charge in [0.1, 0.15) is 0 Å². The van der Waals surface area contributed by atoms with E-state index < -0.39 is 0 Å². The van der Waals surface area contributed by atoms with E-state index in [1.54, 1.807) is 13.0 Å². The summed E-state index contributed by atoms with van der Waals surface area (Å²) in [4.78, 5) is 10.7. The number of hydrogen-bond donors (Lipinski definition) is 0. The van der Waals surface area contributed by atoms with E-state index in [4.69, 9.17) is 0 Å². The van der Waals surface area contributed by atoms with Crippen LogP contribution in [0.2, 0.25) is 0 Å². The molecule has 0 rings (SSSR count). The Morgan fingerprint density at radius 1 is 1.29 bits per heavy atom. The largest absolute Gasteiger partial charge is 0.295 e. The van der Waals surface area contributed by atoms with Gasteiger partial charge in [0.2, 0.25) is 0 Å². The first kappa shape index (κ1) is 13.2. The van der Waals surface area contributed by atoms with Crippen LogP contribution in [0.25, 0.3) is 0 Å². The first-order chi connectivity index (χ1) is 6.56. The minimum Gasteiger partial charge on any atom is -0.295 e. The second-order valence-electron chi connectivity index (χ2n) is 3.97. The lowest BCUT2D eigenvalue weighted by molar-refractivity contribution is -0.112. The smallest absolute Gasteiger partial charge is 0.152 e. The Morgan fingerprint density at radius 2 is 1.93 bits per heavy atom. The molecule has 80 valence electrons. The summed E-state index contributed by atoms with van der Waals surface area (Å²) in [6.07, 6.45) is 9.52. The predicted octanol–water partition coefficient (Wildman–Crippen LogP) is 3.90. The fourth-order valence-corrected chi connectivity index (χ4v) is 1.36. The molecule has 0 aromatic rings. The Morgan fingerprint density at radius 3 is 2.43 bits per heavy atom. The summed E-state index contributed by atoms with van der Waals surface area (Å²) >= 11 is 0. The van der Waals surface area contributed by atoms with E-state index in [2.05, 4.69) is 19.9 Å². The Bertz CT molecular complexity index is 223. The van der Waals surface area contributed by atoms with Crippen molar-refractivity contribution in [1.82, 2.24) is 0 Å². The molecule has 0 aliphatic rings. The topological polar surface area (TPSA) is 17.1 Å². The van der Waals surface area contributed by atoms with Crippen LogP contribution in [0, 0.1) is 5.92 Å². The third kappa shape index (κ3) is 7.78. The molecular formula is C13H22O. The number of carbonyl (C=O) groups is 1. The molecule has 0 heterocycles. The summed E-state index contributed by atoms with van der Waals surface area (Å²) in [6.45, 7) is 8.05. The second kappa shape index (κ2) is 7.54. The van der Waals surface area contributed by atoms with Crippen LogP contribution in [0.5, 0.6) is 0 Å². The average Bonchev–Trinajstić information content (AvgIpc) is 2.11. The van der Waals surface area contributed by atoms with Crippen LogP contribution in [-0.2, 0) is 4.79 Å². The van der Waals surface area contributed by atoms with Gasteiger partial charge in [-0.05, 0) is 32.3 Å². The molecule has 0 fully saturated rings. The van der Waals surface area contributed by atoms with Crippen LogP contribution in [0.3, 0.4) is 0 Å². The van der Waals surface area contributed by atoms with E-state index in [0.717, 1.165) is 0 Å². The van der Waals surface area contributed by atoms with Gasteiger partial charge in [0.05, 0.1) is 0 Å². The van der Waals surface area contributed by atoms with Crippen molar-refractivity contribution in [2.45, 2.75) is 47.0 Å². The molecule has 0 aromatic carbocycles. The molecule has 1 atom stereocenters. The van der Waals surface area contributed by atoms with Crippen LogP contribution in [0.15, 0.2) is 23.8 Å². The van der Waals surface area contributed by atoms with Crippen LogP contribution in [0.1, 0.15) is 47.0 Å². The molecule has 0 N–H and O–H groups in total. The highest BCUT2D eigenvalue weighted by Crippen LogP contribution is 2.11. The van der Waals surface area contributed by atoms with Crippen molar-refractivity contribution in [3.05, 3.63) is 23.8 Å². The van der Waals surface area contributed by atoms with Gasteiger partial charge in [-0.2, -0.15) is 0 Å². The predicted molar refractivity (Wildman–Crippen MR) is 62.3 cm³/mol. The average molecular weight is 194 g/mol. The van der Waals surface area contributed by atoms with Gasteiger partial charge < -0.3 is 0 Å². The van der Waals surface area contributed by atoms with Gasteiger partial charge in [-0.1, -0.05) is 44.4 Å². The van der Waals surface area contributed by atoms with Crippen molar-refractivity contribution in [2.75, 3.05) is 0 Å². The maximum absolute atomic E-state index is 10.7. The van der Waals surface area contributed by atoms with Crippen LogP contribution in [0.4, 0.5) is 0 Å². The minimum absolute atomic E-state index is 0.110. The zero-order valence-electron chi connectivity index (χ0n) is 9.84. The van der Waals surface area contributed by atoms with Crippen molar-refractivity contribution in [1.29, 1.82) is 0 Å². The maximum atomic E-state index is 10.7. The number of allylic oxidation sites excluding steroid dienone is 4. The Balaban J connectivity index is 4.01. The minimum atomic E-state index is 0.110. The standard InChI is InChI=1S/C13H22O/c1-5-6-7-11(2)10-12(3)8-9-13(4)14/h8-11H,5-7H2,1-4H3/b9-8+,12-10+. The molecule has 0 saturated carbocycles. The van der Waals surface area contributed by atoms with Crippen LogP contribution in [-0.4, -0.2) is 5.78 Å². The third-order valence-corrected chi connectivity index (χ3v) is 2.14. The maximum Gasteiger partial charge on any atom is 0.152 e. The van der Waals surface area contributed by atoms with Gasteiger partial charge in [-0.3, -0.25) is 4.79 Å². The van der Waals surface area contributed by atoms with Crippen molar-refractivity contribution in [2.24, 2.45) is 5.92 Å². The van der Waals surface area contributed by atoms with Gasteiger partial charge in [0.25, 0.3) is 0 Å². The monoisotopic (exact) mass is 194 g/mol. The Kier molecular flexibility index (Phi) is 7.09. The molecule has 0 spiro atoms. The van der Waals surface area contributed by atoms with E-state index in [-0.39, 0.29) is 5.78 Å². The zero-order valence-corrected chi connectivity index (χ0v) is 9.84. The molecule has 0 aromatic heterocycles. The lowest BCUT2D eigenvalue weighted by Crippen LogP contribution is -1.90. The van der Waals surface area contributed by atoms with E-state index in [1.807, 2.05) is 13.0 Å². The lowest BCUT2D eigenvalue weighted by atomic mass is 10.0. The molecule has 0 bridgehead atoms. The first-order valence-electron chi connectivity index (χ1n) is 5.43. The molecule has 0 amide bonds. The van der Waals surface area contributed by atoms with E-state index in [0.29, 0.717) is 5.92 Å². The number of unbranched alkanes of at least 4 members (excludes halogenated alkanes) is 1. The zero-order chi connectivity index (χ0) is 11.0. The molecule has 0 aliphatic heterocycles. The summed E-state index contributed by atoms with van der Waals surface area (Å²) < 4.78 is 0. The number of hydrogen-bond acceptors (Lipinski definition) is 1. The molecule has 1 nitrogen and oxygen atoms in total. The highest BCUT2D eigenvalue weighted by Gasteiger charge is 1.96. The molecular weight excluding hydrogens is 172 g/mol. The summed E-state index contributed by atoms with van der Waals surface area (Å²) in [6, 6.07) is 0. The van der Waals surface area contributed by atoms with Crippen LogP contribution >= 0.6 is 0 Å². The molecule has 1 heteroatoms. The molecule has 14 heavy (non-hydrogen) atoms. The molecule has 0 aliphatic carbocycles.